The molecule has 1 rings (SSSR count). The van der Waals surface area contributed by atoms with E-state index in [0.717, 1.165) is 0 Å². The van der Waals surface area contributed by atoms with Crippen molar-refractivity contribution in [2.24, 2.45) is 11.5 Å². The van der Waals surface area contributed by atoms with Crippen LogP contribution in [0.25, 0.3) is 0 Å². The molecule has 0 aromatic heterocycles. The fourth-order valence-electron chi connectivity index (χ4n) is 2.55. The smallest absolute Gasteiger partial charge is 0.326 e. The molecule has 0 heterocycles. The zero-order chi connectivity index (χ0) is 22.7. The molecule has 0 saturated carbocycles. The van der Waals surface area contributed by atoms with Gasteiger partial charge in [-0.05, 0) is 42.5 Å². The number of carbonyl (C=O) groups is 4. The third kappa shape index (κ3) is 9.14. The molecule has 30 heavy (non-hydrogen) atoms. The maximum absolute atomic E-state index is 12.7. The molecule has 1 aromatic rings. The third-order valence-electron chi connectivity index (χ3n) is 4.27. The number of benzene rings is 1. The highest BCUT2D eigenvalue weighted by Gasteiger charge is 2.28. The molecular formula is C19H28N4O6S. The van der Waals surface area contributed by atoms with E-state index in [2.05, 4.69) is 10.6 Å². The maximum atomic E-state index is 12.7. The third-order valence-corrected chi connectivity index (χ3v) is 4.92. The van der Waals surface area contributed by atoms with Crippen LogP contribution in [-0.4, -0.2) is 64.0 Å². The van der Waals surface area contributed by atoms with E-state index in [1.807, 2.05) is 6.26 Å². The number of phenolic OH excluding ortho intramolecular Hbond substituents is 1. The van der Waals surface area contributed by atoms with Crippen molar-refractivity contribution in [1.29, 1.82) is 0 Å². The van der Waals surface area contributed by atoms with Crippen LogP contribution in [0.3, 0.4) is 0 Å². The van der Waals surface area contributed by atoms with Gasteiger partial charge in [-0.1, -0.05) is 12.1 Å². The number of aromatic hydroxyl groups is 1. The molecule has 0 fully saturated rings. The van der Waals surface area contributed by atoms with E-state index in [1.54, 1.807) is 12.1 Å². The van der Waals surface area contributed by atoms with Gasteiger partial charge in [-0.25, -0.2) is 4.79 Å². The first-order valence-electron chi connectivity index (χ1n) is 9.28. The first-order chi connectivity index (χ1) is 14.1. The highest BCUT2D eigenvalue weighted by atomic mass is 32.2. The molecule has 1 aromatic carbocycles. The van der Waals surface area contributed by atoms with E-state index in [9.17, 15) is 29.4 Å². The van der Waals surface area contributed by atoms with Crippen LogP contribution in [0.15, 0.2) is 24.3 Å². The summed E-state index contributed by atoms with van der Waals surface area (Å²) in [6.07, 6.45) is 1.95. The molecule has 3 amide bonds. The zero-order valence-electron chi connectivity index (χ0n) is 16.7. The number of carboxylic acid groups (broad SMARTS) is 1. The Labute approximate surface area is 178 Å². The molecule has 0 radical (unpaired) electrons. The van der Waals surface area contributed by atoms with E-state index >= 15 is 0 Å². The number of hydrogen-bond acceptors (Lipinski definition) is 7. The number of hydrogen-bond donors (Lipinski definition) is 6. The Kier molecular flexibility index (Phi) is 10.7. The van der Waals surface area contributed by atoms with Crippen molar-refractivity contribution in [2.45, 2.75) is 43.8 Å². The number of thioether (sulfide) groups is 1. The molecule has 11 heteroatoms. The van der Waals surface area contributed by atoms with Gasteiger partial charge in [-0.15, -0.1) is 0 Å². The quantitative estimate of drug-likeness (QED) is 0.233. The lowest BCUT2D eigenvalue weighted by Crippen LogP contribution is -2.55. The highest BCUT2D eigenvalue weighted by molar-refractivity contribution is 7.98. The summed E-state index contributed by atoms with van der Waals surface area (Å²) in [5, 5.41) is 23.6. The lowest BCUT2D eigenvalue weighted by Gasteiger charge is -2.23. The average molecular weight is 441 g/mol. The van der Waals surface area contributed by atoms with E-state index < -0.39 is 41.8 Å². The molecule has 0 aliphatic carbocycles. The first-order valence-corrected chi connectivity index (χ1v) is 10.7. The van der Waals surface area contributed by atoms with Gasteiger partial charge in [0.15, 0.2) is 0 Å². The Morgan fingerprint density at radius 1 is 1.03 bits per heavy atom. The lowest BCUT2D eigenvalue weighted by atomic mass is 10.0. The van der Waals surface area contributed by atoms with Crippen molar-refractivity contribution in [3.63, 3.8) is 0 Å². The number of amides is 3. The van der Waals surface area contributed by atoms with Crippen LogP contribution in [0.5, 0.6) is 5.75 Å². The molecule has 10 nitrogen and oxygen atoms in total. The van der Waals surface area contributed by atoms with Gasteiger partial charge in [-0.3, -0.25) is 14.4 Å². The lowest BCUT2D eigenvalue weighted by molar-refractivity contribution is -0.142. The molecule has 3 atom stereocenters. The Balaban J connectivity index is 2.94. The number of aliphatic carboxylic acids is 1. The minimum absolute atomic E-state index is 0.0419. The second-order valence-electron chi connectivity index (χ2n) is 6.72. The Morgan fingerprint density at radius 2 is 1.63 bits per heavy atom. The van der Waals surface area contributed by atoms with E-state index in [-0.39, 0.29) is 25.0 Å². The summed E-state index contributed by atoms with van der Waals surface area (Å²) in [4.78, 5) is 47.5. The largest absolute Gasteiger partial charge is 0.508 e. The van der Waals surface area contributed by atoms with E-state index in [1.165, 1.54) is 23.9 Å². The van der Waals surface area contributed by atoms with Crippen LogP contribution >= 0.6 is 11.8 Å². The second kappa shape index (κ2) is 12.7. The minimum atomic E-state index is -1.34. The van der Waals surface area contributed by atoms with Crippen LogP contribution in [-0.2, 0) is 25.6 Å². The molecule has 0 spiro atoms. The van der Waals surface area contributed by atoms with Crippen LogP contribution in [0, 0.1) is 0 Å². The van der Waals surface area contributed by atoms with Gasteiger partial charge >= 0.3 is 5.97 Å². The second-order valence-corrected chi connectivity index (χ2v) is 7.71. The molecule has 3 unspecified atom stereocenters. The normalized spacial score (nSPS) is 13.7. The number of carbonyl (C=O) groups excluding carboxylic acids is 3. The Bertz CT molecular complexity index is 743. The van der Waals surface area contributed by atoms with Gasteiger partial charge in [0.2, 0.25) is 17.7 Å². The number of nitrogens with one attached hydrogen (secondary N) is 2. The van der Waals surface area contributed by atoms with Crippen LogP contribution in [0.4, 0.5) is 0 Å². The first kappa shape index (κ1) is 25.2. The van der Waals surface area contributed by atoms with Gasteiger partial charge in [0.1, 0.15) is 17.8 Å². The SMILES string of the molecule is CSCCC(N)C(=O)NC(Cc1ccc(O)cc1)C(=O)NC(CCC(N)=O)C(=O)O. The predicted molar refractivity (Wildman–Crippen MR) is 113 cm³/mol. The van der Waals surface area contributed by atoms with Crippen LogP contribution in [0.1, 0.15) is 24.8 Å². The Morgan fingerprint density at radius 3 is 2.17 bits per heavy atom. The summed E-state index contributed by atoms with van der Waals surface area (Å²) in [7, 11) is 0. The van der Waals surface area contributed by atoms with Gasteiger partial charge in [-0.2, -0.15) is 11.8 Å². The van der Waals surface area contributed by atoms with Crippen LogP contribution < -0.4 is 22.1 Å². The predicted octanol–water partition coefficient (Wildman–Crippen LogP) is -0.665. The van der Waals surface area contributed by atoms with Gasteiger partial charge < -0.3 is 32.3 Å². The fraction of sp³-hybridized carbons (Fsp3) is 0.474. The van der Waals surface area contributed by atoms with Crippen molar-refractivity contribution < 1.29 is 29.4 Å². The summed E-state index contributed by atoms with van der Waals surface area (Å²) >= 11 is 1.53. The topological polar surface area (TPSA) is 185 Å². The zero-order valence-corrected chi connectivity index (χ0v) is 17.5. The fourth-order valence-corrected chi connectivity index (χ4v) is 3.04. The van der Waals surface area contributed by atoms with Gasteiger partial charge in [0.05, 0.1) is 6.04 Å². The van der Waals surface area contributed by atoms with Crippen molar-refractivity contribution in [3.05, 3.63) is 29.8 Å². The van der Waals surface area contributed by atoms with Gasteiger partial charge in [0, 0.05) is 12.8 Å². The Hall–Kier alpha value is -2.79. The molecule has 0 saturated heterocycles. The number of rotatable bonds is 13. The van der Waals surface area contributed by atoms with Crippen LogP contribution in [0.2, 0.25) is 0 Å². The maximum Gasteiger partial charge on any atom is 0.326 e. The summed E-state index contributed by atoms with van der Waals surface area (Å²) in [6, 6.07) is 2.77. The van der Waals surface area contributed by atoms with Crippen molar-refractivity contribution in [1.82, 2.24) is 10.6 Å². The number of primary amides is 1. The summed E-state index contributed by atoms with van der Waals surface area (Å²) < 4.78 is 0. The number of nitrogens with two attached hydrogens (primary N) is 2. The highest BCUT2D eigenvalue weighted by Crippen LogP contribution is 2.12. The van der Waals surface area contributed by atoms with Crippen molar-refractivity contribution in [3.8, 4) is 5.75 Å². The van der Waals surface area contributed by atoms with E-state index in [0.29, 0.717) is 17.7 Å². The molecule has 8 N–H and O–H groups in total. The van der Waals surface area contributed by atoms with Crippen molar-refractivity contribution in [2.75, 3.05) is 12.0 Å². The summed E-state index contributed by atoms with van der Waals surface area (Å²) in [5.41, 5.74) is 11.5. The van der Waals surface area contributed by atoms with Crippen molar-refractivity contribution >= 4 is 35.5 Å². The minimum Gasteiger partial charge on any atom is -0.508 e. The number of phenols is 1. The molecule has 0 aliphatic heterocycles. The summed E-state index contributed by atoms with van der Waals surface area (Å²) in [6.45, 7) is 0. The number of carboxylic acids is 1. The average Bonchev–Trinajstić information content (AvgIpc) is 2.69. The molecule has 0 bridgehead atoms. The van der Waals surface area contributed by atoms with Gasteiger partial charge in [0.25, 0.3) is 0 Å². The summed E-state index contributed by atoms with van der Waals surface area (Å²) in [5.74, 6) is -2.57. The molecular weight excluding hydrogens is 412 g/mol. The molecule has 166 valence electrons. The molecule has 0 aliphatic rings. The standard InChI is InChI=1S/C19H28N4O6S/c1-30-9-8-13(20)17(26)23-15(10-11-2-4-12(24)5-3-11)18(27)22-14(19(28)29)6-7-16(21)25/h2-5,13-15,24H,6-10,20H2,1H3,(H2,21,25)(H,22,27)(H,23,26)(H,28,29). The van der Waals surface area contributed by atoms with E-state index in [4.69, 9.17) is 11.5 Å². The monoisotopic (exact) mass is 440 g/mol.